The van der Waals surface area contributed by atoms with Crippen LogP contribution in [0.4, 0.5) is 10.2 Å². The van der Waals surface area contributed by atoms with Gasteiger partial charge in [-0.1, -0.05) is 18.1 Å². The molecule has 0 aliphatic carbocycles. The van der Waals surface area contributed by atoms with E-state index in [1.807, 2.05) is 29.2 Å². The van der Waals surface area contributed by atoms with Crippen LogP contribution in [0.1, 0.15) is 12.0 Å². The van der Waals surface area contributed by atoms with Gasteiger partial charge in [0.25, 0.3) is 0 Å². The third-order valence-corrected chi connectivity index (χ3v) is 4.74. The normalized spacial score (nSPS) is 16.4. The summed E-state index contributed by atoms with van der Waals surface area (Å²) in [6.07, 6.45) is 8.56. The zero-order valence-corrected chi connectivity index (χ0v) is 16.6. The quantitative estimate of drug-likeness (QED) is 0.428. The second-order valence-corrected chi connectivity index (χ2v) is 6.77. The number of terminal acetylenes is 1. The van der Waals surface area contributed by atoms with Crippen molar-refractivity contribution >= 4 is 11.8 Å². The van der Waals surface area contributed by atoms with E-state index < -0.39 is 0 Å². The van der Waals surface area contributed by atoms with Crippen LogP contribution in [0.5, 0.6) is 5.75 Å². The molecule has 7 heteroatoms. The summed E-state index contributed by atoms with van der Waals surface area (Å²) in [5, 5.41) is 6.74. The highest BCUT2D eigenvalue weighted by Crippen LogP contribution is 2.20. The zero-order chi connectivity index (χ0) is 20.5. The van der Waals surface area contributed by atoms with Crippen molar-refractivity contribution < 1.29 is 9.13 Å². The molecule has 2 aromatic rings. The van der Waals surface area contributed by atoms with Crippen molar-refractivity contribution in [2.45, 2.75) is 18.9 Å². The number of hydrogen-bond acceptors (Lipinski definition) is 4. The van der Waals surface area contributed by atoms with Crippen LogP contribution in [-0.2, 0) is 6.42 Å². The van der Waals surface area contributed by atoms with Gasteiger partial charge in [0.1, 0.15) is 12.4 Å². The number of pyridine rings is 1. The molecule has 0 spiro atoms. The van der Waals surface area contributed by atoms with Crippen molar-refractivity contribution in [1.29, 1.82) is 0 Å². The van der Waals surface area contributed by atoms with Crippen molar-refractivity contribution in [3.8, 4) is 18.1 Å². The predicted octanol–water partition coefficient (Wildman–Crippen LogP) is 2.22. The van der Waals surface area contributed by atoms with Crippen LogP contribution in [-0.4, -0.2) is 50.3 Å². The maximum atomic E-state index is 13.9. The van der Waals surface area contributed by atoms with Crippen molar-refractivity contribution in [1.82, 2.24) is 15.6 Å². The zero-order valence-electron chi connectivity index (χ0n) is 16.6. The standard InChI is InChI=1S/C22H26FN5O/c1-3-15-29-19-8-6-17(7-9-19)10-13-26-22(24-2)27-18-11-14-28(16-18)21-20(23)5-4-12-25-21/h1,4-9,12,18H,10-11,13-16H2,2H3,(H2,24,26,27). The Bertz CT molecular complexity index is 862. The number of benzene rings is 1. The van der Waals surface area contributed by atoms with Gasteiger partial charge in [0.15, 0.2) is 17.6 Å². The van der Waals surface area contributed by atoms with Gasteiger partial charge in [0, 0.05) is 38.9 Å². The minimum absolute atomic E-state index is 0.190. The molecule has 1 atom stereocenters. The molecule has 0 radical (unpaired) electrons. The molecule has 1 saturated heterocycles. The van der Waals surface area contributed by atoms with Crippen LogP contribution in [0.15, 0.2) is 47.6 Å². The first kappa shape index (κ1) is 20.5. The van der Waals surface area contributed by atoms with Gasteiger partial charge in [-0.25, -0.2) is 9.37 Å². The van der Waals surface area contributed by atoms with E-state index in [4.69, 9.17) is 11.2 Å². The molecule has 152 valence electrons. The van der Waals surface area contributed by atoms with Gasteiger partial charge in [0.05, 0.1) is 0 Å². The number of anilines is 1. The van der Waals surface area contributed by atoms with E-state index in [2.05, 4.69) is 26.5 Å². The van der Waals surface area contributed by atoms with Crippen molar-refractivity contribution in [3.63, 3.8) is 0 Å². The van der Waals surface area contributed by atoms with Crippen molar-refractivity contribution in [3.05, 3.63) is 54.0 Å². The molecule has 1 unspecified atom stereocenters. The summed E-state index contributed by atoms with van der Waals surface area (Å²) in [6, 6.07) is 11.1. The third kappa shape index (κ3) is 5.85. The SMILES string of the molecule is C#CCOc1ccc(CCNC(=NC)NC2CCN(c3ncccc3F)C2)cc1. The van der Waals surface area contributed by atoms with Gasteiger partial charge in [-0.15, -0.1) is 6.42 Å². The van der Waals surface area contributed by atoms with Crippen molar-refractivity contribution in [2.24, 2.45) is 4.99 Å². The summed E-state index contributed by atoms with van der Waals surface area (Å²) in [5.41, 5.74) is 1.19. The summed E-state index contributed by atoms with van der Waals surface area (Å²) < 4.78 is 19.3. The van der Waals surface area contributed by atoms with E-state index in [1.165, 1.54) is 11.6 Å². The van der Waals surface area contributed by atoms with Crippen LogP contribution >= 0.6 is 0 Å². The molecule has 1 aromatic heterocycles. The maximum absolute atomic E-state index is 13.9. The predicted molar refractivity (Wildman–Crippen MR) is 114 cm³/mol. The fourth-order valence-corrected chi connectivity index (χ4v) is 3.27. The molecule has 1 aromatic carbocycles. The lowest BCUT2D eigenvalue weighted by Crippen LogP contribution is -2.45. The van der Waals surface area contributed by atoms with E-state index in [0.717, 1.165) is 37.6 Å². The highest BCUT2D eigenvalue weighted by atomic mass is 19.1. The number of ether oxygens (including phenoxy) is 1. The van der Waals surface area contributed by atoms with E-state index in [1.54, 1.807) is 19.3 Å². The molecule has 6 nitrogen and oxygen atoms in total. The van der Waals surface area contributed by atoms with E-state index in [-0.39, 0.29) is 18.5 Å². The van der Waals surface area contributed by atoms with Crippen LogP contribution < -0.4 is 20.3 Å². The van der Waals surface area contributed by atoms with Crippen LogP contribution in [0.2, 0.25) is 0 Å². The Morgan fingerprint density at radius 1 is 1.38 bits per heavy atom. The lowest BCUT2D eigenvalue weighted by molar-refractivity contribution is 0.370. The Labute approximate surface area is 171 Å². The molecule has 1 aliphatic heterocycles. The monoisotopic (exact) mass is 395 g/mol. The first-order valence-corrected chi connectivity index (χ1v) is 9.67. The average molecular weight is 395 g/mol. The van der Waals surface area contributed by atoms with Gasteiger partial charge >= 0.3 is 0 Å². The maximum Gasteiger partial charge on any atom is 0.191 e. The molecule has 0 saturated carbocycles. The molecular weight excluding hydrogens is 369 g/mol. The lowest BCUT2D eigenvalue weighted by atomic mass is 10.1. The highest BCUT2D eigenvalue weighted by Gasteiger charge is 2.25. The molecule has 2 heterocycles. The highest BCUT2D eigenvalue weighted by molar-refractivity contribution is 5.80. The number of guanidine groups is 1. The van der Waals surface area contributed by atoms with Crippen LogP contribution in [0.3, 0.4) is 0 Å². The molecule has 1 fully saturated rings. The smallest absolute Gasteiger partial charge is 0.191 e. The minimum Gasteiger partial charge on any atom is -0.481 e. The number of nitrogens with zero attached hydrogens (tertiary/aromatic N) is 3. The number of hydrogen-bond donors (Lipinski definition) is 2. The number of aliphatic imine (C=N–C) groups is 1. The number of aromatic nitrogens is 1. The summed E-state index contributed by atoms with van der Waals surface area (Å²) >= 11 is 0. The van der Waals surface area contributed by atoms with Gasteiger partial charge in [-0.2, -0.15) is 0 Å². The Kier molecular flexibility index (Phi) is 7.28. The Balaban J connectivity index is 1.43. The van der Waals surface area contributed by atoms with Crippen molar-refractivity contribution in [2.75, 3.05) is 38.2 Å². The van der Waals surface area contributed by atoms with E-state index in [9.17, 15) is 4.39 Å². The van der Waals surface area contributed by atoms with Gasteiger partial charge < -0.3 is 20.3 Å². The Morgan fingerprint density at radius 3 is 2.93 bits per heavy atom. The second-order valence-electron chi connectivity index (χ2n) is 6.77. The first-order valence-electron chi connectivity index (χ1n) is 9.67. The van der Waals surface area contributed by atoms with Gasteiger partial charge in [0.2, 0.25) is 0 Å². The van der Waals surface area contributed by atoms with E-state index in [0.29, 0.717) is 12.4 Å². The molecule has 2 N–H and O–H groups in total. The van der Waals surface area contributed by atoms with Gasteiger partial charge in [-0.3, -0.25) is 4.99 Å². The Hall–Kier alpha value is -3.27. The molecule has 1 aliphatic rings. The topological polar surface area (TPSA) is 61.8 Å². The molecule has 0 amide bonds. The average Bonchev–Trinajstić information content (AvgIpc) is 3.21. The molecule has 29 heavy (non-hydrogen) atoms. The molecule has 0 bridgehead atoms. The summed E-state index contributed by atoms with van der Waals surface area (Å²) in [6.45, 7) is 2.47. The fraction of sp³-hybridized carbons (Fsp3) is 0.364. The number of nitrogens with one attached hydrogen (secondary N) is 2. The summed E-state index contributed by atoms with van der Waals surface area (Å²) in [4.78, 5) is 10.4. The Morgan fingerprint density at radius 2 is 2.21 bits per heavy atom. The third-order valence-electron chi connectivity index (χ3n) is 4.74. The van der Waals surface area contributed by atoms with Crippen LogP contribution in [0, 0.1) is 18.2 Å². The van der Waals surface area contributed by atoms with Gasteiger partial charge in [-0.05, 0) is 42.7 Å². The summed E-state index contributed by atoms with van der Waals surface area (Å²) in [7, 11) is 1.75. The minimum atomic E-state index is -0.286. The lowest BCUT2D eigenvalue weighted by Gasteiger charge is -2.20. The second kappa shape index (κ2) is 10.3. The summed E-state index contributed by atoms with van der Waals surface area (Å²) in [5.74, 6) is 4.09. The number of rotatable bonds is 7. The molecule has 3 rings (SSSR count). The first-order chi connectivity index (χ1) is 14.2. The fourth-order valence-electron chi connectivity index (χ4n) is 3.27. The largest absolute Gasteiger partial charge is 0.481 e. The molecular formula is C22H26FN5O. The van der Waals surface area contributed by atoms with E-state index >= 15 is 0 Å². The van der Waals surface area contributed by atoms with Crippen LogP contribution in [0.25, 0.3) is 0 Å². The number of halogens is 1.